The van der Waals surface area contributed by atoms with Crippen molar-refractivity contribution in [3.63, 3.8) is 0 Å². The van der Waals surface area contributed by atoms with E-state index in [2.05, 4.69) is 47.2 Å². The lowest BCUT2D eigenvalue weighted by atomic mass is 10.2. The Hall–Kier alpha value is -1.38. The molecule has 0 aliphatic carbocycles. The Balaban J connectivity index is 2.23. The molecule has 6 nitrogen and oxygen atoms in total. The second-order valence-corrected chi connectivity index (χ2v) is 5.34. The van der Waals surface area contributed by atoms with Gasteiger partial charge >= 0.3 is 5.97 Å². The highest BCUT2D eigenvalue weighted by Gasteiger charge is 2.14. The summed E-state index contributed by atoms with van der Waals surface area (Å²) in [5, 5.41) is 9.10. The minimum atomic E-state index is -1.16. The Kier molecular flexibility index (Phi) is 4.23. The van der Waals surface area contributed by atoms with E-state index in [4.69, 9.17) is 5.11 Å². The van der Waals surface area contributed by atoms with E-state index < -0.39 is 18.5 Å². The van der Waals surface area contributed by atoms with E-state index >= 15 is 0 Å². The van der Waals surface area contributed by atoms with Crippen LogP contribution < -0.4 is 5.48 Å². The summed E-state index contributed by atoms with van der Waals surface area (Å²) < 4.78 is 1.66. The predicted molar refractivity (Wildman–Crippen MR) is 74.8 cm³/mol. The normalized spacial score (nSPS) is 10.6. The van der Waals surface area contributed by atoms with E-state index in [-0.39, 0.29) is 0 Å². The number of aromatic amines is 1. The first-order valence-corrected chi connectivity index (χ1v) is 6.67. The number of nitrogens with one attached hydrogen (secondary N) is 2. The van der Waals surface area contributed by atoms with Crippen LogP contribution in [0.15, 0.2) is 27.3 Å². The third-order valence-electron chi connectivity index (χ3n) is 2.33. The molecular weight excluding hydrogens is 384 g/mol. The van der Waals surface area contributed by atoms with Gasteiger partial charge in [0.15, 0.2) is 6.61 Å². The lowest BCUT2D eigenvalue weighted by molar-refractivity contribution is -0.144. The number of carboxylic acids is 1. The molecule has 1 heterocycles. The van der Waals surface area contributed by atoms with Gasteiger partial charge in [0, 0.05) is 26.0 Å². The number of halogens is 2. The fourth-order valence-electron chi connectivity index (χ4n) is 1.52. The average Bonchev–Trinajstić information content (AvgIpc) is 2.72. The first-order chi connectivity index (χ1) is 8.99. The summed E-state index contributed by atoms with van der Waals surface area (Å²) in [6.07, 6.45) is 1.53. The Morgan fingerprint density at radius 1 is 1.32 bits per heavy atom. The molecule has 3 N–H and O–H groups in total. The number of carbonyl (C=O) groups is 2. The van der Waals surface area contributed by atoms with Crippen molar-refractivity contribution in [1.29, 1.82) is 0 Å². The van der Waals surface area contributed by atoms with Crippen LogP contribution >= 0.6 is 31.9 Å². The summed E-state index contributed by atoms with van der Waals surface area (Å²) in [6.45, 7) is -0.594. The van der Waals surface area contributed by atoms with Crippen LogP contribution in [-0.2, 0) is 9.63 Å². The van der Waals surface area contributed by atoms with E-state index in [0.29, 0.717) is 10.9 Å². The number of H-pyrrole nitrogens is 1. The van der Waals surface area contributed by atoms with E-state index in [1.807, 2.05) is 6.07 Å². The number of fused-ring (bicyclic) bond motifs is 1. The Morgan fingerprint density at radius 2 is 2.00 bits per heavy atom. The number of aliphatic carboxylic acids is 1. The number of carbonyl (C=O) groups excluding carboxylic acids is 1. The molecule has 0 fully saturated rings. The van der Waals surface area contributed by atoms with Gasteiger partial charge in [0.1, 0.15) is 0 Å². The third-order valence-corrected chi connectivity index (χ3v) is 4.17. The van der Waals surface area contributed by atoms with Crippen molar-refractivity contribution in [3.8, 4) is 0 Å². The summed E-state index contributed by atoms with van der Waals surface area (Å²) in [4.78, 5) is 29.6. The number of carboxylic acid groups (broad SMARTS) is 1. The minimum absolute atomic E-state index is 0.369. The average molecular weight is 392 g/mol. The summed E-state index contributed by atoms with van der Waals surface area (Å²) in [7, 11) is 0. The molecule has 0 atom stereocenters. The van der Waals surface area contributed by atoms with Crippen molar-refractivity contribution in [2.24, 2.45) is 0 Å². The van der Waals surface area contributed by atoms with Crippen LogP contribution in [0.2, 0.25) is 0 Å². The van der Waals surface area contributed by atoms with Crippen molar-refractivity contribution in [3.05, 3.63) is 32.8 Å². The van der Waals surface area contributed by atoms with E-state index in [9.17, 15) is 9.59 Å². The Labute approximate surface area is 124 Å². The lowest BCUT2D eigenvalue weighted by Crippen LogP contribution is -2.26. The molecule has 100 valence electrons. The number of rotatable bonds is 4. The van der Waals surface area contributed by atoms with Gasteiger partial charge in [0.2, 0.25) is 0 Å². The van der Waals surface area contributed by atoms with Gasteiger partial charge in [-0.15, -0.1) is 0 Å². The van der Waals surface area contributed by atoms with Gasteiger partial charge in [-0.2, -0.15) is 0 Å². The molecule has 0 spiro atoms. The molecule has 0 aliphatic rings. The number of hydrogen-bond acceptors (Lipinski definition) is 3. The zero-order chi connectivity index (χ0) is 14.0. The second kappa shape index (κ2) is 5.72. The van der Waals surface area contributed by atoms with Gasteiger partial charge < -0.3 is 10.1 Å². The van der Waals surface area contributed by atoms with Crippen LogP contribution in [-0.4, -0.2) is 28.6 Å². The number of hydrogen-bond donors (Lipinski definition) is 3. The maximum Gasteiger partial charge on any atom is 0.332 e. The van der Waals surface area contributed by atoms with Crippen molar-refractivity contribution in [1.82, 2.24) is 10.5 Å². The fourth-order valence-corrected chi connectivity index (χ4v) is 2.21. The number of hydroxylamine groups is 1. The third kappa shape index (κ3) is 3.14. The number of amides is 1. The minimum Gasteiger partial charge on any atom is -0.479 e. The molecule has 2 aromatic rings. The monoisotopic (exact) mass is 390 g/mol. The molecule has 0 radical (unpaired) electrons. The molecule has 8 heteroatoms. The fraction of sp³-hybridized carbons (Fsp3) is 0.0909. The molecule has 2 rings (SSSR count). The topological polar surface area (TPSA) is 91.4 Å². The molecular formula is C11H8Br2N2O4. The lowest BCUT2D eigenvalue weighted by Gasteiger charge is -2.03. The Morgan fingerprint density at radius 3 is 2.68 bits per heavy atom. The van der Waals surface area contributed by atoms with Crippen LogP contribution in [0.25, 0.3) is 10.9 Å². The Bertz CT molecular complexity index is 653. The van der Waals surface area contributed by atoms with Crippen LogP contribution in [0.5, 0.6) is 0 Å². The molecule has 0 aliphatic heterocycles. The molecule has 0 unspecified atom stereocenters. The molecule has 1 amide bonds. The maximum absolute atomic E-state index is 11.8. The predicted octanol–water partition coefficient (Wildman–Crippen LogP) is 2.44. The molecule has 1 aromatic carbocycles. The van der Waals surface area contributed by atoms with Crippen molar-refractivity contribution >= 4 is 54.6 Å². The second-order valence-electron chi connectivity index (χ2n) is 3.63. The van der Waals surface area contributed by atoms with Gasteiger partial charge in [-0.25, -0.2) is 10.3 Å². The largest absolute Gasteiger partial charge is 0.479 e. The van der Waals surface area contributed by atoms with Gasteiger partial charge in [0.05, 0.1) is 5.56 Å². The zero-order valence-corrected chi connectivity index (χ0v) is 12.5. The highest BCUT2D eigenvalue weighted by molar-refractivity contribution is 9.13. The first-order valence-electron chi connectivity index (χ1n) is 5.09. The van der Waals surface area contributed by atoms with Crippen molar-refractivity contribution in [2.75, 3.05) is 6.61 Å². The van der Waals surface area contributed by atoms with Crippen LogP contribution in [0.3, 0.4) is 0 Å². The zero-order valence-electron chi connectivity index (χ0n) is 9.37. The highest BCUT2D eigenvalue weighted by Crippen LogP contribution is 2.29. The van der Waals surface area contributed by atoms with Gasteiger partial charge in [-0.05, 0) is 44.0 Å². The van der Waals surface area contributed by atoms with E-state index in [1.54, 1.807) is 6.07 Å². The SMILES string of the molecule is O=C(O)CONC(=O)c1c[nH]c2cc(Br)c(Br)cc12. The van der Waals surface area contributed by atoms with Crippen molar-refractivity contribution < 1.29 is 19.5 Å². The smallest absolute Gasteiger partial charge is 0.332 e. The summed E-state index contributed by atoms with van der Waals surface area (Å²) >= 11 is 6.72. The summed E-state index contributed by atoms with van der Waals surface area (Å²) in [6, 6.07) is 3.61. The van der Waals surface area contributed by atoms with E-state index in [1.165, 1.54) is 6.20 Å². The van der Waals surface area contributed by atoms with Crippen LogP contribution in [0.4, 0.5) is 0 Å². The number of aromatic nitrogens is 1. The van der Waals surface area contributed by atoms with Gasteiger partial charge in [-0.1, -0.05) is 0 Å². The highest BCUT2D eigenvalue weighted by atomic mass is 79.9. The first kappa shape index (κ1) is 14.0. The van der Waals surface area contributed by atoms with Crippen molar-refractivity contribution in [2.45, 2.75) is 0 Å². The maximum atomic E-state index is 11.8. The van der Waals surface area contributed by atoms with Gasteiger partial charge in [0.25, 0.3) is 5.91 Å². The van der Waals surface area contributed by atoms with Crippen LogP contribution in [0.1, 0.15) is 10.4 Å². The molecule has 0 saturated heterocycles. The number of benzene rings is 1. The van der Waals surface area contributed by atoms with Crippen LogP contribution in [0, 0.1) is 0 Å². The molecule has 19 heavy (non-hydrogen) atoms. The molecule has 0 saturated carbocycles. The molecule has 0 bridgehead atoms. The summed E-state index contributed by atoms with van der Waals surface area (Å²) in [5.74, 6) is -1.67. The quantitative estimate of drug-likeness (QED) is 0.698. The standard InChI is InChI=1S/C11H8Br2N2O4/c12-7-1-5-6(3-14-9(5)2-8(7)13)11(18)15-19-4-10(16)17/h1-3,14H,4H2,(H,15,18)(H,16,17). The van der Waals surface area contributed by atoms with E-state index in [0.717, 1.165) is 14.5 Å². The summed E-state index contributed by atoms with van der Waals surface area (Å²) in [5.41, 5.74) is 3.22. The van der Waals surface area contributed by atoms with Gasteiger partial charge in [-0.3, -0.25) is 9.63 Å². The molecule has 1 aromatic heterocycles.